The van der Waals surface area contributed by atoms with E-state index in [0.29, 0.717) is 27.7 Å². The van der Waals surface area contributed by atoms with Gasteiger partial charge in [-0.25, -0.2) is 9.29 Å². The van der Waals surface area contributed by atoms with Crippen LogP contribution in [0.3, 0.4) is 0 Å². The number of nitrogens with zero attached hydrogens (tertiary/aromatic N) is 1. The summed E-state index contributed by atoms with van der Waals surface area (Å²) < 4.78 is 18.8. The van der Waals surface area contributed by atoms with Crippen LogP contribution in [-0.4, -0.2) is 11.8 Å². The van der Waals surface area contributed by atoms with Crippen molar-refractivity contribution in [1.29, 1.82) is 0 Å². The van der Waals surface area contributed by atoms with E-state index in [9.17, 15) is 14.0 Å². The number of benzene rings is 2. The lowest BCUT2D eigenvalue weighted by Crippen LogP contribution is -2.32. The van der Waals surface area contributed by atoms with E-state index in [0.717, 1.165) is 11.1 Å². The van der Waals surface area contributed by atoms with E-state index in [4.69, 9.17) is 4.42 Å². The Hall–Kier alpha value is -3.12. The predicted molar refractivity (Wildman–Crippen MR) is 112 cm³/mol. The standard InChI is InChI=1S/C23H18FNO3S/c1-14-5-10-19(15(2)12-14)25-22(26)20(16-6-8-17(24)9-7-16)21(23(25)27)29-13-18-4-3-11-28-18/h3-12H,13H2,1-2H3. The van der Waals surface area contributed by atoms with Gasteiger partial charge < -0.3 is 4.42 Å². The fourth-order valence-electron chi connectivity index (χ4n) is 3.33. The van der Waals surface area contributed by atoms with Crippen molar-refractivity contribution in [2.45, 2.75) is 19.6 Å². The zero-order chi connectivity index (χ0) is 20.5. The Morgan fingerprint density at radius 2 is 1.76 bits per heavy atom. The van der Waals surface area contributed by atoms with Crippen LogP contribution >= 0.6 is 11.8 Å². The Bertz CT molecular complexity index is 1120. The number of imide groups is 1. The first-order valence-corrected chi connectivity index (χ1v) is 10.1. The summed E-state index contributed by atoms with van der Waals surface area (Å²) in [5, 5.41) is 0. The fourth-order valence-corrected chi connectivity index (χ4v) is 4.34. The molecule has 0 aliphatic carbocycles. The van der Waals surface area contributed by atoms with Crippen LogP contribution in [-0.2, 0) is 15.3 Å². The van der Waals surface area contributed by atoms with Gasteiger partial charge in [-0.05, 0) is 55.3 Å². The highest BCUT2D eigenvalue weighted by atomic mass is 32.2. The number of aryl methyl sites for hydroxylation is 2. The first kappa shape index (κ1) is 19.2. The second-order valence-corrected chi connectivity index (χ2v) is 7.80. The van der Waals surface area contributed by atoms with Crippen molar-refractivity contribution in [1.82, 2.24) is 0 Å². The van der Waals surface area contributed by atoms with E-state index in [1.54, 1.807) is 18.4 Å². The molecule has 0 bridgehead atoms. The average Bonchev–Trinajstić information content (AvgIpc) is 3.28. The van der Waals surface area contributed by atoms with Gasteiger partial charge in [0, 0.05) is 0 Å². The predicted octanol–water partition coefficient (Wildman–Crippen LogP) is 5.25. The molecule has 2 heterocycles. The molecule has 146 valence electrons. The molecule has 0 spiro atoms. The highest BCUT2D eigenvalue weighted by molar-refractivity contribution is 8.03. The van der Waals surface area contributed by atoms with Crippen molar-refractivity contribution < 1.29 is 18.4 Å². The minimum atomic E-state index is -0.407. The Morgan fingerprint density at radius 3 is 2.41 bits per heavy atom. The van der Waals surface area contributed by atoms with Crippen molar-refractivity contribution in [3.05, 3.63) is 94.0 Å². The molecule has 29 heavy (non-hydrogen) atoms. The lowest BCUT2D eigenvalue weighted by Gasteiger charge is -2.18. The molecule has 0 saturated carbocycles. The molecule has 4 nitrogen and oxygen atoms in total. The summed E-state index contributed by atoms with van der Waals surface area (Å²) in [6.07, 6.45) is 1.56. The summed E-state index contributed by atoms with van der Waals surface area (Å²) >= 11 is 1.25. The molecular formula is C23H18FNO3S. The van der Waals surface area contributed by atoms with Crippen LogP contribution in [0.1, 0.15) is 22.5 Å². The Kier molecular flexibility index (Phi) is 5.11. The molecule has 4 rings (SSSR count). The molecule has 1 aromatic heterocycles. The topological polar surface area (TPSA) is 50.5 Å². The number of hydrogen-bond donors (Lipinski definition) is 0. The monoisotopic (exact) mass is 407 g/mol. The summed E-state index contributed by atoms with van der Waals surface area (Å²) in [5.74, 6) is -0.0751. The summed E-state index contributed by atoms with van der Waals surface area (Å²) in [7, 11) is 0. The van der Waals surface area contributed by atoms with Gasteiger partial charge in [-0.2, -0.15) is 0 Å². The summed E-state index contributed by atoms with van der Waals surface area (Å²) in [4.78, 5) is 28.2. The number of rotatable bonds is 5. The van der Waals surface area contributed by atoms with Gasteiger partial charge in [-0.3, -0.25) is 9.59 Å². The molecule has 3 aromatic rings. The van der Waals surface area contributed by atoms with Gasteiger partial charge in [0.2, 0.25) is 0 Å². The maximum Gasteiger partial charge on any atom is 0.272 e. The molecule has 2 amide bonds. The minimum absolute atomic E-state index is 0.284. The number of carbonyl (C=O) groups excluding carboxylic acids is 2. The molecule has 2 aromatic carbocycles. The van der Waals surface area contributed by atoms with Crippen LogP contribution < -0.4 is 4.90 Å². The van der Waals surface area contributed by atoms with Crippen molar-refractivity contribution in [3.63, 3.8) is 0 Å². The lowest BCUT2D eigenvalue weighted by molar-refractivity contribution is -0.119. The molecule has 0 radical (unpaired) electrons. The smallest absolute Gasteiger partial charge is 0.272 e. The number of furan rings is 1. The largest absolute Gasteiger partial charge is 0.468 e. The van der Waals surface area contributed by atoms with E-state index in [1.165, 1.54) is 40.9 Å². The molecule has 0 fully saturated rings. The third kappa shape index (κ3) is 3.63. The van der Waals surface area contributed by atoms with Crippen LogP contribution in [0.5, 0.6) is 0 Å². The zero-order valence-electron chi connectivity index (χ0n) is 15.9. The normalized spacial score (nSPS) is 14.2. The Balaban J connectivity index is 1.77. The van der Waals surface area contributed by atoms with Crippen molar-refractivity contribution in [3.8, 4) is 0 Å². The van der Waals surface area contributed by atoms with Gasteiger partial charge in [0.25, 0.3) is 11.8 Å². The Morgan fingerprint density at radius 1 is 1.00 bits per heavy atom. The second kappa shape index (κ2) is 7.72. The van der Waals surface area contributed by atoms with Gasteiger partial charge >= 0.3 is 0 Å². The number of halogens is 1. The van der Waals surface area contributed by atoms with Crippen LogP contribution in [0, 0.1) is 19.7 Å². The highest BCUT2D eigenvalue weighted by Gasteiger charge is 2.40. The molecule has 6 heteroatoms. The second-order valence-electron chi connectivity index (χ2n) is 6.81. The van der Waals surface area contributed by atoms with E-state index in [1.807, 2.05) is 32.0 Å². The first-order chi connectivity index (χ1) is 14.0. The summed E-state index contributed by atoms with van der Waals surface area (Å²) in [6.45, 7) is 3.83. The zero-order valence-corrected chi connectivity index (χ0v) is 16.8. The van der Waals surface area contributed by atoms with Crippen LogP contribution in [0.25, 0.3) is 5.57 Å². The average molecular weight is 407 g/mol. The third-order valence-electron chi connectivity index (χ3n) is 4.71. The van der Waals surface area contributed by atoms with Gasteiger partial charge in [-0.15, -0.1) is 11.8 Å². The highest BCUT2D eigenvalue weighted by Crippen LogP contribution is 2.40. The fraction of sp³-hybridized carbons (Fsp3) is 0.130. The van der Waals surface area contributed by atoms with Crippen LogP contribution in [0.15, 0.2) is 70.2 Å². The van der Waals surface area contributed by atoms with Gasteiger partial charge in [-0.1, -0.05) is 29.8 Å². The number of carbonyl (C=O) groups is 2. The Labute approximate surface area is 172 Å². The first-order valence-electron chi connectivity index (χ1n) is 9.07. The van der Waals surface area contributed by atoms with E-state index in [2.05, 4.69) is 0 Å². The molecule has 1 aliphatic rings. The van der Waals surface area contributed by atoms with Gasteiger partial charge in [0.15, 0.2) is 0 Å². The third-order valence-corrected chi connectivity index (χ3v) is 5.80. The number of anilines is 1. The van der Waals surface area contributed by atoms with Crippen molar-refractivity contribution >= 4 is 34.8 Å². The van der Waals surface area contributed by atoms with Gasteiger partial charge in [0.05, 0.1) is 28.2 Å². The van der Waals surface area contributed by atoms with E-state index >= 15 is 0 Å². The number of amides is 2. The maximum atomic E-state index is 13.4. The lowest BCUT2D eigenvalue weighted by atomic mass is 10.1. The minimum Gasteiger partial charge on any atom is -0.468 e. The van der Waals surface area contributed by atoms with E-state index in [-0.39, 0.29) is 11.5 Å². The van der Waals surface area contributed by atoms with Gasteiger partial charge in [0.1, 0.15) is 11.6 Å². The van der Waals surface area contributed by atoms with Crippen molar-refractivity contribution in [2.75, 3.05) is 4.90 Å². The van der Waals surface area contributed by atoms with Crippen LogP contribution in [0.2, 0.25) is 0 Å². The quantitative estimate of drug-likeness (QED) is 0.542. The van der Waals surface area contributed by atoms with Crippen LogP contribution in [0.4, 0.5) is 10.1 Å². The number of thioether (sulfide) groups is 1. The molecule has 1 aliphatic heterocycles. The summed E-state index contributed by atoms with van der Waals surface area (Å²) in [6, 6.07) is 14.8. The number of hydrogen-bond acceptors (Lipinski definition) is 4. The molecule has 0 atom stereocenters. The molecule has 0 N–H and O–H groups in total. The SMILES string of the molecule is Cc1ccc(N2C(=O)C(SCc3ccco3)=C(c3ccc(F)cc3)C2=O)c(C)c1. The molecule has 0 saturated heterocycles. The maximum absolute atomic E-state index is 13.4. The van der Waals surface area contributed by atoms with E-state index < -0.39 is 11.7 Å². The van der Waals surface area contributed by atoms with Crippen molar-refractivity contribution in [2.24, 2.45) is 0 Å². The molecular weight excluding hydrogens is 389 g/mol. The summed E-state index contributed by atoms with van der Waals surface area (Å²) in [5.41, 5.74) is 3.23. The molecule has 0 unspecified atom stereocenters.